The number of amides is 1. The molecule has 0 unspecified atom stereocenters. The highest BCUT2D eigenvalue weighted by Crippen LogP contribution is 2.31. The highest BCUT2D eigenvalue weighted by molar-refractivity contribution is 7.87. The van der Waals surface area contributed by atoms with E-state index in [0.717, 1.165) is 42.7 Å². The number of carbonyl (C=O) groups excluding carboxylic acids is 1. The lowest BCUT2D eigenvalue weighted by molar-refractivity contribution is 0.0730. The van der Waals surface area contributed by atoms with Gasteiger partial charge in [0, 0.05) is 12.6 Å². The summed E-state index contributed by atoms with van der Waals surface area (Å²) in [5.74, 6) is -0.536. The smallest absolute Gasteiger partial charge is 0.339 e. The molecule has 1 fully saturated rings. The standard InChI is InChI=1S/C23H19ClFNO4S/c24-22-4-2-1-3-21(22)23(27)26(18-9-10-18)15-16-5-11-19(12-6-16)30-31(28,29)20-13-7-17(25)8-14-20/h1-8,11-14,18H,9-10,15H2. The molecule has 0 radical (unpaired) electrons. The number of benzene rings is 3. The normalized spacial score (nSPS) is 13.6. The molecule has 3 aromatic carbocycles. The van der Waals surface area contributed by atoms with Crippen LogP contribution in [0.2, 0.25) is 5.02 Å². The lowest BCUT2D eigenvalue weighted by Gasteiger charge is -2.23. The maximum atomic E-state index is 13.0. The topological polar surface area (TPSA) is 63.7 Å². The summed E-state index contributed by atoms with van der Waals surface area (Å²) >= 11 is 6.19. The molecule has 1 amide bonds. The average molecular weight is 460 g/mol. The molecule has 4 rings (SSSR count). The van der Waals surface area contributed by atoms with Gasteiger partial charge in [-0.1, -0.05) is 35.9 Å². The van der Waals surface area contributed by atoms with E-state index in [1.807, 2.05) is 0 Å². The van der Waals surface area contributed by atoms with Crippen LogP contribution in [0, 0.1) is 5.82 Å². The Balaban J connectivity index is 1.48. The number of hydrogen-bond acceptors (Lipinski definition) is 4. The summed E-state index contributed by atoms with van der Waals surface area (Å²) in [4.78, 5) is 14.6. The summed E-state index contributed by atoms with van der Waals surface area (Å²) in [6, 6.07) is 18.0. The summed E-state index contributed by atoms with van der Waals surface area (Å²) in [5.41, 5.74) is 1.29. The fraction of sp³-hybridized carbons (Fsp3) is 0.174. The van der Waals surface area contributed by atoms with Crippen molar-refractivity contribution in [1.82, 2.24) is 4.90 Å². The highest BCUT2D eigenvalue weighted by Gasteiger charge is 2.33. The van der Waals surface area contributed by atoms with Gasteiger partial charge in [-0.2, -0.15) is 8.42 Å². The van der Waals surface area contributed by atoms with Gasteiger partial charge in [0.15, 0.2) is 0 Å². The quantitative estimate of drug-likeness (QED) is 0.464. The molecule has 0 bridgehead atoms. The maximum absolute atomic E-state index is 13.0. The van der Waals surface area contributed by atoms with Crippen LogP contribution in [0.25, 0.3) is 0 Å². The molecule has 0 aliphatic heterocycles. The first kappa shape index (κ1) is 21.3. The highest BCUT2D eigenvalue weighted by atomic mass is 35.5. The Morgan fingerprint density at radius 3 is 2.26 bits per heavy atom. The van der Waals surface area contributed by atoms with E-state index in [2.05, 4.69) is 0 Å². The molecule has 1 aliphatic rings. The predicted molar refractivity (Wildman–Crippen MR) is 115 cm³/mol. The van der Waals surface area contributed by atoms with Crippen molar-refractivity contribution < 1.29 is 21.8 Å². The van der Waals surface area contributed by atoms with Crippen LogP contribution in [0.1, 0.15) is 28.8 Å². The van der Waals surface area contributed by atoms with Gasteiger partial charge in [0.2, 0.25) is 0 Å². The van der Waals surface area contributed by atoms with Crippen molar-refractivity contribution in [1.29, 1.82) is 0 Å². The van der Waals surface area contributed by atoms with Crippen molar-refractivity contribution in [3.8, 4) is 5.75 Å². The van der Waals surface area contributed by atoms with Gasteiger partial charge in [-0.05, 0) is 66.9 Å². The average Bonchev–Trinajstić information content (AvgIpc) is 3.58. The third-order valence-electron chi connectivity index (χ3n) is 4.94. The van der Waals surface area contributed by atoms with E-state index in [0.29, 0.717) is 17.1 Å². The lowest BCUT2D eigenvalue weighted by Crippen LogP contribution is -2.32. The predicted octanol–water partition coefficient (Wildman–Crippen LogP) is 5.05. The van der Waals surface area contributed by atoms with E-state index in [4.69, 9.17) is 15.8 Å². The van der Waals surface area contributed by atoms with Crippen molar-refractivity contribution >= 4 is 27.6 Å². The Labute approximate surface area is 185 Å². The molecule has 0 spiro atoms. The first-order chi connectivity index (χ1) is 14.8. The molecule has 1 saturated carbocycles. The Kier molecular flexibility index (Phi) is 5.98. The van der Waals surface area contributed by atoms with Gasteiger partial charge in [-0.3, -0.25) is 4.79 Å². The minimum atomic E-state index is -4.07. The minimum absolute atomic E-state index is 0.128. The molecule has 31 heavy (non-hydrogen) atoms. The third kappa shape index (κ3) is 5.06. The second kappa shape index (κ2) is 8.69. The maximum Gasteiger partial charge on any atom is 0.339 e. The van der Waals surface area contributed by atoms with Crippen LogP contribution >= 0.6 is 11.6 Å². The van der Waals surface area contributed by atoms with E-state index < -0.39 is 15.9 Å². The van der Waals surface area contributed by atoms with Crippen LogP contribution in [-0.4, -0.2) is 25.3 Å². The van der Waals surface area contributed by atoms with Crippen LogP contribution in [0.3, 0.4) is 0 Å². The van der Waals surface area contributed by atoms with E-state index in [-0.39, 0.29) is 22.6 Å². The molecule has 5 nitrogen and oxygen atoms in total. The van der Waals surface area contributed by atoms with Crippen molar-refractivity contribution in [2.24, 2.45) is 0 Å². The van der Waals surface area contributed by atoms with E-state index in [1.54, 1.807) is 41.3 Å². The zero-order chi connectivity index (χ0) is 22.0. The summed E-state index contributed by atoms with van der Waals surface area (Å²) in [6.45, 7) is 0.375. The molecule has 0 saturated heterocycles. The van der Waals surface area contributed by atoms with Gasteiger partial charge in [0.25, 0.3) is 5.91 Å². The Morgan fingerprint density at radius 2 is 1.65 bits per heavy atom. The Bertz CT molecular complexity index is 1190. The first-order valence-electron chi connectivity index (χ1n) is 9.68. The molecule has 0 atom stereocenters. The molecule has 8 heteroatoms. The Hall–Kier alpha value is -2.90. The van der Waals surface area contributed by atoms with Crippen molar-refractivity contribution in [3.05, 3.63) is 94.8 Å². The number of carbonyl (C=O) groups is 1. The van der Waals surface area contributed by atoms with Crippen molar-refractivity contribution in [2.45, 2.75) is 30.3 Å². The molecule has 1 aliphatic carbocycles. The van der Waals surface area contributed by atoms with E-state index in [9.17, 15) is 17.6 Å². The molecule has 160 valence electrons. The van der Waals surface area contributed by atoms with Gasteiger partial charge in [0.05, 0.1) is 10.6 Å². The SMILES string of the molecule is O=C(c1ccccc1Cl)N(Cc1ccc(OS(=O)(=O)c2ccc(F)cc2)cc1)C1CC1. The molecule has 0 heterocycles. The van der Waals surface area contributed by atoms with Gasteiger partial charge in [-0.15, -0.1) is 0 Å². The minimum Gasteiger partial charge on any atom is -0.379 e. The van der Waals surface area contributed by atoms with Crippen molar-refractivity contribution in [2.75, 3.05) is 0 Å². The van der Waals surface area contributed by atoms with Gasteiger partial charge < -0.3 is 9.08 Å². The lowest BCUT2D eigenvalue weighted by atomic mass is 10.1. The summed E-state index contributed by atoms with van der Waals surface area (Å²) in [5, 5.41) is 0.410. The summed E-state index contributed by atoms with van der Waals surface area (Å²) in [6.07, 6.45) is 1.88. The number of nitrogens with zero attached hydrogens (tertiary/aromatic N) is 1. The van der Waals surface area contributed by atoms with Crippen LogP contribution in [0.15, 0.2) is 77.7 Å². The zero-order valence-corrected chi connectivity index (χ0v) is 17.9. The van der Waals surface area contributed by atoms with Crippen molar-refractivity contribution in [3.63, 3.8) is 0 Å². The number of rotatable bonds is 7. The van der Waals surface area contributed by atoms with E-state index >= 15 is 0 Å². The molecule has 3 aromatic rings. The number of hydrogen-bond donors (Lipinski definition) is 0. The second-order valence-electron chi connectivity index (χ2n) is 7.28. The van der Waals surface area contributed by atoms with E-state index in [1.165, 1.54) is 12.1 Å². The zero-order valence-electron chi connectivity index (χ0n) is 16.4. The molecular weight excluding hydrogens is 441 g/mol. The molecule has 0 N–H and O–H groups in total. The van der Waals surface area contributed by atoms with Gasteiger partial charge in [0.1, 0.15) is 16.5 Å². The monoisotopic (exact) mass is 459 g/mol. The second-order valence-corrected chi connectivity index (χ2v) is 9.23. The summed E-state index contributed by atoms with van der Waals surface area (Å²) in [7, 11) is -4.07. The Morgan fingerprint density at radius 1 is 1.00 bits per heavy atom. The van der Waals surface area contributed by atoms with Gasteiger partial charge >= 0.3 is 10.1 Å². The molecular formula is C23H19ClFNO4S. The summed E-state index contributed by atoms with van der Waals surface area (Å²) < 4.78 is 42.8. The molecule has 0 aromatic heterocycles. The fourth-order valence-corrected chi connectivity index (χ4v) is 4.31. The third-order valence-corrected chi connectivity index (χ3v) is 6.53. The number of halogens is 2. The largest absolute Gasteiger partial charge is 0.379 e. The first-order valence-corrected chi connectivity index (χ1v) is 11.5. The van der Waals surface area contributed by atoms with Crippen LogP contribution in [-0.2, 0) is 16.7 Å². The van der Waals surface area contributed by atoms with Gasteiger partial charge in [-0.25, -0.2) is 4.39 Å². The van der Waals surface area contributed by atoms with Crippen LogP contribution in [0.4, 0.5) is 4.39 Å². The fourth-order valence-electron chi connectivity index (χ4n) is 3.17. The van der Waals surface area contributed by atoms with Crippen LogP contribution < -0.4 is 4.18 Å². The van der Waals surface area contributed by atoms with Crippen LogP contribution in [0.5, 0.6) is 5.75 Å².